The molecule has 1 atom stereocenters. The lowest BCUT2D eigenvalue weighted by Crippen LogP contribution is -2.28. The molecule has 0 spiro atoms. The van der Waals surface area contributed by atoms with Crippen molar-refractivity contribution in [2.24, 2.45) is 12.8 Å². The van der Waals surface area contributed by atoms with Crippen LogP contribution in [-0.4, -0.2) is 22.4 Å². The molecule has 0 aliphatic carbocycles. The summed E-state index contributed by atoms with van der Waals surface area (Å²) in [6.45, 7) is 4.86. The highest BCUT2D eigenvalue weighted by atomic mass is 15.3. The molecule has 1 aromatic heterocycles. The van der Waals surface area contributed by atoms with E-state index in [2.05, 4.69) is 17.3 Å². The fourth-order valence-electron chi connectivity index (χ4n) is 1.16. The molecular weight excluding hydrogens is 164 g/mol. The number of aromatic nitrogens is 2. The molecule has 0 saturated carbocycles. The fourth-order valence-corrected chi connectivity index (χ4v) is 1.16. The van der Waals surface area contributed by atoms with Crippen molar-refractivity contribution in [1.29, 1.82) is 0 Å². The largest absolute Gasteiger partial charge is 0.369 e. The first-order valence-corrected chi connectivity index (χ1v) is 4.63. The van der Waals surface area contributed by atoms with E-state index in [0.29, 0.717) is 0 Å². The zero-order chi connectivity index (χ0) is 9.84. The quantitative estimate of drug-likeness (QED) is 0.726. The van der Waals surface area contributed by atoms with Gasteiger partial charge in [0.25, 0.3) is 0 Å². The van der Waals surface area contributed by atoms with Crippen LogP contribution in [0.15, 0.2) is 6.07 Å². The Labute approximate surface area is 79.1 Å². The fraction of sp³-hybridized carbons (Fsp3) is 0.667. The lowest BCUT2D eigenvalue weighted by atomic mass is 10.2. The van der Waals surface area contributed by atoms with E-state index in [0.717, 1.165) is 24.5 Å². The van der Waals surface area contributed by atoms with Gasteiger partial charge in [0.2, 0.25) is 0 Å². The molecule has 4 heteroatoms. The predicted octanol–water partition coefficient (Wildman–Crippen LogP) is 0.878. The first-order chi connectivity index (χ1) is 6.13. The van der Waals surface area contributed by atoms with E-state index in [9.17, 15) is 0 Å². The van der Waals surface area contributed by atoms with Crippen LogP contribution in [0.4, 0.5) is 5.82 Å². The van der Waals surface area contributed by atoms with E-state index < -0.39 is 0 Å². The second-order valence-electron chi connectivity index (χ2n) is 3.34. The van der Waals surface area contributed by atoms with Crippen molar-refractivity contribution < 1.29 is 0 Å². The number of nitrogens with zero attached hydrogens (tertiary/aromatic N) is 2. The van der Waals surface area contributed by atoms with Crippen LogP contribution >= 0.6 is 0 Å². The van der Waals surface area contributed by atoms with E-state index in [1.54, 1.807) is 0 Å². The Morgan fingerprint density at radius 1 is 1.69 bits per heavy atom. The predicted molar refractivity (Wildman–Crippen MR) is 54.7 cm³/mol. The molecule has 1 unspecified atom stereocenters. The topological polar surface area (TPSA) is 55.9 Å². The molecule has 1 aromatic rings. The minimum absolute atomic E-state index is 0.218. The van der Waals surface area contributed by atoms with Crippen molar-refractivity contribution >= 4 is 5.82 Å². The van der Waals surface area contributed by atoms with Gasteiger partial charge in [0.15, 0.2) is 0 Å². The molecule has 74 valence electrons. The van der Waals surface area contributed by atoms with Gasteiger partial charge < -0.3 is 11.1 Å². The number of rotatable bonds is 4. The van der Waals surface area contributed by atoms with E-state index in [-0.39, 0.29) is 6.04 Å². The van der Waals surface area contributed by atoms with Gasteiger partial charge >= 0.3 is 0 Å². The normalized spacial score (nSPS) is 12.9. The SMILES string of the molecule is CCC(N)CNc1cc(C)nn1C. The summed E-state index contributed by atoms with van der Waals surface area (Å²) >= 11 is 0. The molecule has 1 heterocycles. The maximum Gasteiger partial charge on any atom is 0.124 e. The summed E-state index contributed by atoms with van der Waals surface area (Å²) in [6, 6.07) is 2.23. The number of nitrogens with one attached hydrogen (secondary N) is 1. The van der Waals surface area contributed by atoms with Crippen molar-refractivity contribution in [3.05, 3.63) is 11.8 Å². The molecule has 0 aromatic carbocycles. The second kappa shape index (κ2) is 4.28. The lowest BCUT2D eigenvalue weighted by Gasteiger charge is -2.10. The molecule has 1 rings (SSSR count). The number of aryl methyl sites for hydroxylation is 2. The Morgan fingerprint density at radius 2 is 2.38 bits per heavy atom. The van der Waals surface area contributed by atoms with Crippen molar-refractivity contribution in [3.63, 3.8) is 0 Å². The number of hydrogen-bond donors (Lipinski definition) is 2. The molecule has 0 saturated heterocycles. The lowest BCUT2D eigenvalue weighted by molar-refractivity contribution is 0.669. The van der Waals surface area contributed by atoms with Gasteiger partial charge in [-0.1, -0.05) is 6.92 Å². The second-order valence-corrected chi connectivity index (χ2v) is 3.34. The molecule has 0 fully saturated rings. The van der Waals surface area contributed by atoms with Crippen molar-refractivity contribution in [2.45, 2.75) is 26.3 Å². The van der Waals surface area contributed by atoms with Crippen LogP contribution < -0.4 is 11.1 Å². The van der Waals surface area contributed by atoms with Crippen LogP contribution in [0.2, 0.25) is 0 Å². The zero-order valence-corrected chi connectivity index (χ0v) is 8.54. The number of hydrogen-bond acceptors (Lipinski definition) is 3. The maximum absolute atomic E-state index is 5.79. The zero-order valence-electron chi connectivity index (χ0n) is 8.54. The number of nitrogens with two attached hydrogens (primary N) is 1. The highest BCUT2D eigenvalue weighted by Crippen LogP contribution is 2.07. The summed E-state index contributed by atoms with van der Waals surface area (Å²) in [5, 5.41) is 7.49. The Morgan fingerprint density at radius 3 is 2.85 bits per heavy atom. The maximum atomic E-state index is 5.79. The third-order valence-corrected chi connectivity index (χ3v) is 2.07. The third kappa shape index (κ3) is 2.73. The third-order valence-electron chi connectivity index (χ3n) is 2.07. The van der Waals surface area contributed by atoms with Gasteiger partial charge in [-0.15, -0.1) is 0 Å². The average molecular weight is 182 g/mol. The van der Waals surface area contributed by atoms with Crippen LogP contribution in [0.1, 0.15) is 19.0 Å². The van der Waals surface area contributed by atoms with Crippen LogP contribution in [-0.2, 0) is 7.05 Å². The molecule has 3 N–H and O–H groups in total. The van der Waals surface area contributed by atoms with Crippen molar-refractivity contribution in [2.75, 3.05) is 11.9 Å². The minimum atomic E-state index is 0.218. The van der Waals surface area contributed by atoms with Crippen LogP contribution in [0.5, 0.6) is 0 Å². The molecule has 0 radical (unpaired) electrons. The summed E-state index contributed by atoms with van der Waals surface area (Å²) in [7, 11) is 1.92. The van der Waals surface area contributed by atoms with Crippen LogP contribution in [0.3, 0.4) is 0 Å². The van der Waals surface area contributed by atoms with Gasteiger partial charge in [0, 0.05) is 25.7 Å². The Hall–Kier alpha value is -1.03. The highest BCUT2D eigenvalue weighted by molar-refractivity contribution is 5.36. The Bertz CT molecular complexity index is 267. The molecule has 0 amide bonds. The Kier molecular flexibility index (Phi) is 3.31. The first-order valence-electron chi connectivity index (χ1n) is 4.63. The summed E-state index contributed by atoms with van der Waals surface area (Å²) in [5.74, 6) is 1.03. The summed E-state index contributed by atoms with van der Waals surface area (Å²) < 4.78 is 1.83. The summed E-state index contributed by atoms with van der Waals surface area (Å²) in [5.41, 5.74) is 6.81. The van der Waals surface area contributed by atoms with Crippen molar-refractivity contribution in [1.82, 2.24) is 9.78 Å². The smallest absolute Gasteiger partial charge is 0.124 e. The standard InChI is InChI=1S/C9H18N4/c1-4-8(10)6-11-9-5-7(2)12-13(9)3/h5,8,11H,4,6,10H2,1-3H3. The van der Waals surface area contributed by atoms with Gasteiger partial charge in [-0.25, -0.2) is 0 Å². The highest BCUT2D eigenvalue weighted by Gasteiger charge is 2.02. The first kappa shape index (κ1) is 10.1. The van der Waals surface area contributed by atoms with Gasteiger partial charge in [0.05, 0.1) is 5.69 Å². The molecule has 13 heavy (non-hydrogen) atoms. The molecule has 0 aliphatic rings. The molecule has 4 nitrogen and oxygen atoms in total. The monoisotopic (exact) mass is 182 g/mol. The molecule has 0 aliphatic heterocycles. The van der Waals surface area contributed by atoms with Gasteiger partial charge in [0.1, 0.15) is 5.82 Å². The van der Waals surface area contributed by atoms with Gasteiger partial charge in [-0.3, -0.25) is 4.68 Å². The van der Waals surface area contributed by atoms with Crippen molar-refractivity contribution in [3.8, 4) is 0 Å². The van der Waals surface area contributed by atoms with E-state index in [4.69, 9.17) is 5.73 Å². The molecular formula is C9H18N4. The Balaban J connectivity index is 2.49. The van der Waals surface area contributed by atoms with Crippen LogP contribution in [0.25, 0.3) is 0 Å². The van der Waals surface area contributed by atoms with Gasteiger partial charge in [-0.2, -0.15) is 5.10 Å². The van der Waals surface area contributed by atoms with E-state index in [1.807, 2.05) is 24.7 Å². The minimum Gasteiger partial charge on any atom is -0.369 e. The summed E-state index contributed by atoms with van der Waals surface area (Å²) in [4.78, 5) is 0. The molecule has 0 bridgehead atoms. The summed E-state index contributed by atoms with van der Waals surface area (Å²) in [6.07, 6.45) is 0.990. The van der Waals surface area contributed by atoms with Gasteiger partial charge in [-0.05, 0) is 13.3 Å². The van der Waals surface area contributed by atoms with E-state index in [1.165, 1.54) is 0 Å². The number of anilines is 1. The van der Waals surface area contributed by atoms with Crippen LogP contribution in [0, 0.1) is 6.92 Å². The van der Waals surface area contributed by atoms with E-state index >= 15 is 0 Å². The average Bonchev–Trinajstić information content (AvgIpc) is 2.41.